The Labute approximate surface area is 97.8 Å². The van der Waals surface area contributed by atoms with Gasteiger partial charge in [0.2, 0.25) is 0 Å². The van der Waals surface area contributed by atoms with Crippen LogP contribution in [-0.4, -0.2) is 15.0 Å². The molecule has 84 valence electrons. The van der Waals surface area contributed by atoms with Crippen LogP contribution in [0.25, 0.3) is 22.1 Å². The van der Waals surface area contributed by atoms with Crippen molar-refractivity contribution in [2.75, 3.05) is 5.73 Å². The number of nitrogens with zero attached hydrogens (tertiary/aromatic N) is 1. The molecule has 0 saturated heterocycles. The number of fused-ring (bicyclic) bond motifs is 2. The van der Waals surface area contributed by atoms with Crippen molar-refractivity contribution in [3.05, 3.63) is 48.5 Å². The van der Waals surface area contributed by atoms with E-state index in [4.69, 9.17) is 5.73 Å². The first-order chi connectivity index (χ1) is 8.33. The van der Waals surface area contributed by atoms with Crippen molar-refractivity contribution in [1.29, 1.82) is 0 Å². The standard InChI is InChI=1S/C13H12N4/c14-13-16-11-7-3-1-5-9(11)15-10-6-2-4-8-12(10)17-13/h1-8,15H,(H3,14,16,17). The molecular formula is C13H12N4. The minimum atomic E-state index is 0.395. The lowest BCUT2D eigenvalue weighted by Crippen LogP contribution is -1.94. The molecule has 3 rings (SSSR count). The number of aromatic nitrogens is 3. The van der Waals surface area contributed by atoms with E-state index in [1.807, 2.05) is 48.5 Å². The lowest BCUT2D eigenvalue weighted by Gasteiger charge is -2.00. The van der Waals surface area contributed by atoms with Crippen molar-refractivity contribution >= 4 is 28.0 Å². The van der Waals surface area contributed by atoms with E-state index in [9.17, 15) is 0 Å². The summed E-state index contributed by atoms with van der Waals surface area (Å²) < 4.78 is 0. The van der Waals surface area contributed by atoms with Crippen LogP contribution in [0.5, 0.6) is 0 Å². The van der Waals surface area contributed by atoms with E-state index in [1.54, 1.807) is 0 Å². The zero-order valence-corrected chi connectivity index (χ0v) is 9.14. The lowest BCUT2D eigenvalue weighted by atomic mass is 10.3. The molecule has 4 N–H and O–H groups in total. The number of hydrogen-bond donors (Lipinski definition) is 3. The second-order valence-corrected chi connectivity index (χ2v) is 3.81. The maximum absolute atomic E-state index is 5.84. The van der Waals surface area contributed by atoms with Crippen molar-refractivity contribution in [2.24, 2.45) is 0 Å². The summed E-state index contributed by atoms with van der Waals surface area (Å²) in [5.41, 5.74) is 9.52. The molecule has 0 bridgehead atoms. The van der Waals surface area contributed by atoms with Crippen molar-refractivity contribution < 1.29 is 0 Å². The van der Waals surface area contributed by atoms with Gasteiger partial charge in [-0.2, -0.15) is 0 Å². The van der Waals surface area contributed by atoms with Crippen molar-refractivity contribution in [2.45, 2.75) is 0 Å². The van der Waals surface area contributed by atoms with Crippen LogP contribution >= 0.6 is 0 Å². The average molecular weight is 224 g/mol. The fourth-order valence-corrected chi connectivity index (χ4v) is 1.82. The molecule has 2 aromatic carbocycles. The molecule has 1 aromatic heterocycles. The third kappa shape index (κ3) is 1.80. The molecule has 0 atom stereocenters. The predicted molar refractivity (Wildman–Crippen MR) is 70.0 cm³/mol. The smallest absolute Gasteiger partial charge is 0.198 e. The van der Waals surface area contributed by atoms with Gasteiger partial charge in [0.05, 0.1) is 22.1 Å². The molecule has 0 fully saturated rings. The van der Waals surface area contributed by atoms with Crippen LogP contribution in [0.2, 0.25) is 0 Å². The molecule has 1 heterocycles. The van der Waals surface area contributed by atoms with Gasteiger partial charge in [0.15, 0.2) is 5.95 Å². The van der Waals surface area contributed by atoms with E-state index in [0.29, 0.717) is 5.95 Å². The number of rotatable bonds is 0. The number of H-pyrrole nitrogens is 2. The SMILES string of the molecule is Nc1nc2ccccc2[nH]c2ccccc2[nH]1. The number of aromatic amines is 2. The van der Waals surface area contributed by atoms with Crippen molar-refractivity contribution in [3.8, 4) is 0 Å². The minimum Gasteiger partial charge on any atom is -0.369 e. The van der Waals surface area contributed by atoms with E-state index in [0.717, 1.165) is 22.1 Å². The fourth-order valence-electron chi connectivity index (χ4n) is 1.82. The Bertz CT molecular complexity index is 663. The molecule has 0 spiro atoms. The first-order valence-electron chi connectivity index (χ1n) is 5.39. The molecule has 0 saturated carbocycles. The summed E-state index contributed by atoms with van der Waals surface area (Å²) in [6.07, 6.45) is 0. The summed E-state index contributed by atoms with van der Waals surface area (Å²) in [6, 6.07) is 15.7. The third-order valence-corrected chi connectivity index (χ3v) is 2.60. The van der Waals surface area contributed by atoms with E-state index in [1.165, 1.54) is 0 Å². The highest BCUT2D eigenvalue weighted by molar-refractivity contribution is 5.81. The van der Waals surface area contributed by atoms with Crippen molar-refractivity contribution in [1.82, 2.24) is 15.0 Å². The Morgan fingerprint density at radius 2 is 1.35 bits per heavy atom. The van der Waals surface area contributed by atoms with Gasteiger partial charge in [0.1, 0.15) is 0 Å². The Hall–Kier alpha value is -2.49. The molecule has 0 aliphatic carbocycles. The summed E-state index contributed by atoms with van der Waals surface area (Å²) in [5.74, 6) is 0.395. The lowest BCUT2D eigenvalue weighted by molar-refractivity contribution is 1.27. The predicted octanol–water partition coefficient (Wildman–Crippen LogP) is 2.75. The third-order valence-electron chi connectivity index (χ3n) is 2.60. The molecule has 0 aliphatic rings. The summed E-state index contributed by atoms with van der Waals surface area (Å²) in [7, 11) is 0. The summed E-state index contributed by atoms with van der Waals surface area (Å²) in [5, 5.41) is 0. The topological polar surface area (TPSA) is 70.5 Å². The zero-order valence-electron chi connectivity index (χ0n) is 9.14. The van der Waals surface area contributed by atoms with Gasteiger partial charge in [-0.05, 0) is 24.3 Å². The van der Waals surface area contributed by atoms with E-state index < -0.39 is 0 Å². The summed E-state index contributed by atoms with van der Waals surface area (Å²) in [6.45, 7) is 0. The largest absolute Gasteiger partial charge is 0.369 e. The molecule has 4 nitrogen and oxygen atoms in total. The number of nitrogens with one attached hydrogen (secondary N) is 2. The summed E-state index contributed by atoms with van der Waals surface area (Å²) in [4.78, 5) is 10.7. The molecule has 4 heteroatoms. The second kappa shape index (κ2) is 3.83. The monoisotopic (exact) mass is 224 g/mol. The van der Waals surface area contributed by atoms with Crippen LogP contribution in [0.3, 0.4) is 0 Å². The molecular weight excluding hydrogens is 212 g/mol. The normalized spacial score (nSPS) is 10.6. The maximum atomic E-state index is 5.84. The molecule has 0 radical (unpaired) electrons. The van der Waals surface area contributed by atoms with Crippen LogP contribution in [0, 0.1) is 0 Å². The van der Waals surface area contributed by atoms with E-state index in [-0.39, 0.29) is 0 Å². The molecule has 0 amide bonds. The zero-order chi connectivity index (χ0) is 11.7. The highest BCUT2D eigenvalue weighted by Gasteiger charge is 1.95. The van der Waals surface area contributed by atoms with E-state index >= 15 is 0 Å². The Morgan fingerprint density at radius 1 is 0.765 bits per heavy atom. The van der Waals surface area contributed by atoms with Gasteiger partial charge in [0, 0.05) is 0 Å². The van der Waals surface area contributed by atoms with Gasteiger partial charge in [-0.15, -0.1) is 0 Å². The Morgan fingerprint density at radius 3 is 2.12 bits per heavy atom. The maximum Gasteiger partial charge on any atom is 0.198 e. The Kier molecular flexibility index (Phi) is 2.19. The summed E-state index contributed by atoms with van der Waals surface area (Å²) >= 11 is 0. The molecule has 3 aromatic rings. The number of benzene rings is 2. The van der Waals surface area contributed by atoms with Crippen molar-refractivity contribution in [3.63, 3.8) is 0 Å². The molecule has 0 aliphatic heterocycles. The number of para-hydroxylation sites is 4. The van der Waals surface area contributed by atoms with Gasteiger partial charge in [-0.25, -0.2) is 4.98 Å². The van der Waals surface area contributed by atoms with Crippen LogP contribution in [0.1, 0.15) is 0 Å². The quantitative estimate of drug-likeness (QED) is 0.549. The number of nitrogens with two attached hydrogens (primary N) is 1. The number of hydrogen-bond acceptors (Lipinski definition) is 2. The van der Waals surface area contributed by atoms with Gasteiger partial charge in [-0.1, -0.05) is 24.3 Å². The fraction of sp³-hybridized carbons (Fsp3) is 0. The highest BCUT2D eigenvalue weighted by atomic mass is 15.0. The van der Waals surface area contributed by atoms with Gasteiger partial charge >= 0.3 is 0 Å². The van der Waals surface area contributed by atoms with Gasteiger partial charge in [0.25, 0.3) is 0 Å². The molecule has 0 unspecified atom stereocenters. The average Bonchev–Trinajstić information content (AvgIpc) is 2.31. The van der Waals surface area contributed by atoms with Crippen LogP contribution in [0.4, 0.5) is 5.95 Å². The van der Waals surface area contributed by atoms with E-state index in [2.05, 4.69) is 15.0 Å². The minimum absolute atomic E-state index is 0.395. The number of nitrogen functional groups attached to an aromatic ring is 1. The first kappa shape index (κ1) is 9.72. The molecule has 17 heavy (non-hydrogen) atoms. The van der Waals surface area contributed by atoms with Gasteiger partial charge in [-0.3, -0.25) is 0 Å². The highest BCUT2D eigenvalue weighted by Crippen LogP contribution is 2.12. The van der Waals surface area contributed by atoms with Gasteiger partial charge < -0.3 is 15.7 Å². The van der Waals surface area contributed by atoms with Crippen LogP contribution in [0.15, 0.2) is 48.5 Å². The van der Waals surface area contributed by atoms with Crippen LogP contribution in [-0.2, 0) is 0 Å². The Balaban J connectivity index is 2.55. The second-order valence-electron chi connectivity index (χ2n) is 3.81. The number of anilines is 1. The van der Waals surface area contributed by atoms with Crippen LogP contribution < -0.4 is 5.73 Å². The first-order valence-corrected chi connectivity index (χ1v) is 5.39.